The van der Waals surface area contributed by atoms with Crippen LogP contribution in [0.25, 0.3) is 0 Å². The number of esters is 1. The summed E-state index contributed by atoms with van der Waals surface area (Å²) < 4.78 is 13.9. The van der Waals surface area contributed by atoms with Crippen LogP contribution < -0.4 is 10.1 Å². The zero-order valence-electron chi connectivity index (χ0n) is 19.0. The number of anilines is 1. The molecule has 180 valence electrons. The van der Waals surface area contributed by atoms with Gasteiger partial charge in [0, 0.05) is 15.9 Å². The van der Waals surface area contributed by atoms with E-state index in [2.05, 4.69) is 38.0 Å². The largest absolute Gasteiger partial charge is 0.483 e. The molecule has 2 heterocycles. The number of rotatable bonds is 11. The van der Waals surface area contributed by atoms with Crippen LogP contribution >= 0.6 is 39.0 Å². The van der Waals surface area contributed by atoms with Gasteiger partial charge >= 0.3 is 5.97 Å². The van der Waals surface area contributed by atoms with Gasteiger partial charge in [-0.1, -0.05) is 33.8 Å². The minimum Gasteiger partial charge on any atom is -0.483 e. The van der Waals surface area contributed by atoms with Crippen LogP contribution in [0.15, 0.2) is 52.6 Å². The fourth-order valence-electron chi connectivity index (χ4n) is 3.04. The van der Waals surface area contributed by atoms with Gasteiger partial charge in [-0.25, -0.2) is 4.79 Å². The number of aromatic nitrogens is 3. The third-order valence-electron chi connectivity index (χ3n) is 4.48. The van der Waals surface area contributed by atoms with Crippen LogP contribution in [-0.2, 0) is 16.1 Å². The zero-order chi connectivity index (χ0) is 24.7. The summed E-state index contributed by atoms with van der Waals surface area (Å²) in [4.78, 5) is 25.7. The van der Waals surface area contributed by atoms with E-state index in [0.29, 0.717) is 33.8 Å². The topological polar surface area (TPSA) is 95.3 Å². The molecule has 3 rings (SSSR count). The maximum absolute atomic E-state index is 12.6. The van der Waals surface area contributed by atoms with Gasteiger partial charge < -0.3 is 14.8 Å². The van der Waals surface area contributed by atoms with E-state index in [1.165, 1.54) is 23.1 Å². The highest BCUT2D eigenvalue weighted by atomic mass is 79.9. The second-order valence-electron chi connectivity index (χ2n) is 7.11. The quantitative estimate of drug-likeness (QED) is 0.183. The molecule has 1 amide bonds. The molecule has 0 bridgehead atoms. The summed E-state index contributed by atoms with van der Waals surface area (Å²) in [6.07, 6.45) is 1.38. The molecule has 1 atom stereocenters. The Hall–Kier alpha value is -2.63. The number of hydrogen-bond donors (Lipinski definition) is 1. The van der Waals surface area contributed by atoms with E-state index in [0.717, 1.165) is 9.35 Å². The summed E-state index contributed by atoms with van der Waals surface area (Å²) in [5.41, 5.74) is 0.360. The Labute approximate surface area is 214 Å². The SMILES string of the molecule is C=CCn1c(SCC(=O)Nc2sc(C)cc2C(=O)OCC)nnc1C(C)Oc1ccc(Br)cc1. The van der Waals surface area contributed by atoms with Crippen molar-refractivity contribution in [2.45, 2.75) is 38.6 Å². The summed E-state index contributed by atoms with van der Waals surface area (Å²) in [5.74, 6) is 0.720. The molecule has 0 aliphatic rings. The number of benzene rings is 1. The third-order valence-corrected chi connectivity index (χ3v) is 6.94. The minimum absolute atomic E-state index is 0.0937. The van der Waals surface area contributed by atoms with Crippen LogP contribution in [0.1, 0.15) is 41.0 Å². The van der Waals surface area contributed by atoms with Gasteiger partial charge in [-0.05, 0) is 51.1 Å². The highest BCUT2D eigenvalue weighted by molar-refractivity contribution is 9.10. The number of allylic oxidation sites excluding steroid dienone is 1. The van der Waals surface area contributed by atoms with Crippen molar-refractivity contribution in [1.29, 1.82) is 0 Å². The van der Waals surface area contributed by atoms with Gasteiger partial charge in [0.05, 0.1) is 17.9 Å². The zero-order valence-corrected chi connectivity index (χ0v) is 22.3. The molecule has 3 aromatic rings. The Morgan fingerprint density at radius 3 is 2.74 bits per heavy atom. The number of carbonyl (C=O) groups excluding carboxylic acids is 2. The lowest BCUT2D eigenvalue weighted by Gasteiger charge is -2.15. The number of carbonyl (C=O) groups is 2. The lowest BCUT2D eigenvalue weighted by atomic mass is 10.3. The van der Waals surface area contributed by atoms with Gasteiger partial charge in [0.15, 0.2) is 17.1 Å². The number of hydrogen-bond acceptors (Lipinski definition) is 8. The highest BCUT2D eigenvalue weighted by Gasteiger charge is 2.21. The maximum Gasteiger partial charge on any atom is 0.341 e. The number of amides is 1. The predicted molar refractivity (Wildman–Crippen MR) is 138 cm³/mol. The Balaban J connectivity index is 1.67. The van der Waals surface area contributed by atoms with Crippen LogP contribution in [0, 0.1) is 6.92 Å². The van der Waals surface area contributed by atoms with Crippen LogP contribution in [0.3, 0.4) is 0 Å². The fraction of sp³-hybridized carbons (Fsp3) is 0.304. The van der Waals surface area contributed by atoms with E-state index >= 15 is 0 Å². The van der Waals surface area contributed by atoms with Gasteiger partial charge in [-0.15, -0.1) is 28.1 Å². The lowest BCUT2D eigenvalue weighted by molar-refractivity contribution is -0.113. The molecule has 0 aliphatic heterocycles. The Bertz CT molecular complexity index is 1160. The monoisotopic (exact) mass is 564 g/mol. The Morgan fingerprint density at radius 1 is 1.32 bits per heavy atom. The molecule has 0 aliphatic carbocycles. The standard InChI is InChI=1S/C23H25BrN4O4S2/c1-5-11-28-20(15(4)32-17-9-7-16(24)8-10-17)26-27-23(28)33-13-19(29)25-21-18(12-14(3)34-21)22(30)31-6-2/h5,7-10,12,15H,1,6,11,13H2,2-4H3,(H,25,29). The Morgan fingerprint density at radius 2 is 2.06 bits per heavy atom. The summed E-state index contributed by atoms with van der Waals surface area (Å²) >= 11 is 5.99. The molecular weight excluding hydrogens is 540 g/mol. The number of thioether (sulfide) groups is 1. The highest BCUT2D eigenvalue weighted by Crippen LogP contribution is 2.29. The van der Waals surface area contributed by atoms with Crippen molar-refractivity contribution in [2.24, 2.45) is 0 Å². The second kappa shape index (κ2) is 12.2. The summed E-state index contributed by atoms with van der Waals surface area (Å²) in [7, 11) is 0. The first kappa shape index (κ1) is 26.0. The molecular formula is C23H25BrN4O4S2. The van der Waals surface area contributed by atoms with Crippen molar-refractivity contribution in [2.75, 3.05) is 17.7 Å². The van der Waals surface area contributed by atoms with E-state index in [1.807, 2.05) is 42.7 Å². The number of halogens is 1. The molecule has 0 saturated carbocycles. The molecule has 0 radical (unpaired) electrons. The molecule has 1 N–H and O–H groups in total. The smallest absolute Gasteiger partial charge is 0.341 e. The minimum atomic E-state index is -0.454. The number of nitrogens with zero attached hydrogens (tertiary/aromatic N) is 3. The average molecular weight is 566 g/mol. The third kappa shape index (κ3) is 6.71. The average Bonchev–Trinajstić information content (AvgIpc) is 3.37. The number of nitrogens with one attached hydrogen (secondary N) is 1. The van der Waals surface area contributed by atoms with Gasteiger partial charge in [-0.2, -0.15) is 0 Å². The molecule has 34 heavy (non-hydrogen) atoms. The number of thiophene rings is 1. The van der Waals surface area contributed by atoms with Crippen molar-refractivity contribution in [1.82, 2.24) is 14.8 Å². The van der Waals surface area contributed by atoms with Gasteiger partial charge in [-0.3, -0.25) is 9.36 Å². The first-order chi connectivity index (χ1) is 16.3. The van der Waals surface area contributed by atoms with E-state index in [9.17, 15) is 9.59 Å². The molecule has 0 spiro atoms. The Kier molecular flexibility index (Phi) is 9.31. The van der Waals surface area contributed by atoms with Crippen LogP contribution in [0.5, 0.6) is 5.75 Å². The van der Waals surface area contributed by atoms with Crippen LogP contribution in [0.4, 0.5) is 5.00 Å². The summed E-state index contributed by atoms with van der Waals surface area (Å²) in [5, 5.41) is 12.4. The first-order valence-corrected chi connectivity index (χ1v) is 13.1. The van der Waals surface area contributed by atoms with Crippen molar-refractivity contribution in [3.8, 4) is 5.75 Å². The van der Waals surface area contributed by atoms with E-state index in [4.69, 9.17) is 9.47 Å². The molecule has 1 unspecified atom stereocenters. The van der Waals surface area contributed by atoms with Crippen molar-refractivity contribution < 1.29 is 19.1 Å². The van der Waals surface area contributed by atoms with E-state index in [-0.39, 0.29) is 24.4 Å². The van der Waals surface area contributed by atoms with Gasteiger partial charge in [0.1, 0.15) is 10.8 Å². The maximum atomic E-state index is 12.6. The normalized spacial score (nSPS) is 11.6. The first-order valence-electron chi connectivity index (χ1n) is 10.5. The van der Waals surface area contributed by atoms with Crippen LogP contribution in [0.2, 0.25) is 0 Å². The molecule has 8 nitrogen and oxygen atoms in total. The molecule has 0 fully saturated rings. The lowest BCUT2D eigenvalue weighted by Crippen LogP contribution is -2.17. The van der Waals surface area contributed by atoms with Crippen molar-refractivity contribution in [3.05, 3.63) is 63.7 Å². The number of ether oxygens (including phenoxy) is 2. The second-order valence-corrected chi connectivity index (χ2v) is 10.2. The van der Waals surface area contributed by atoms with Crippen LogP contribution in [-0.4, -0.2) is 39.0 Å². The van der Waals surface area contributed by atoms with Crippen molar-refractivity contribution in [3.63, 3.8) is 0 Å². The number of aryl methyl sites for hydroxylation is 1. The van der Waals surface area contributed by atoms with Crippen molar-refractivity contribution >= 4 is 55.9 Å². The molecule has 0 saturated heterocycles. The molecule has 2 aromatic heterocycles. The molecule has 11 heteroatoms. The van der Waals surface area contributed by atoms with E-state index in [1.54, 1.807) is 19.1 Å². The molecule has 1 aromatic carbocycles. The fourth-order valence-corrected chi connectivity index (χ4v) is 4.97. The predicted octanol–water partition coefficient (Wildman–Crippen LogP) is 5.64. The van der Waals surface area contributed by atoms with Gasteiger partial charge in [0.2, 0.25) is 5.91 Å². The van der Waals surface area contributed by atoms with Gasteiger partial charge in [0.25, 0.3) is 0 Å². The summed E-state index contributed by atoms with van der Waals surface area (Å²) in [6, 6.07) is 9.25. The summed E-state index contributed by atoms with van der Waals surface area (Å²) in [6.45, 7) is 10.0. The van der Waals surface area contributed by atoms with E-state index < -0.39 is 5.97 Å².